The fourth-order valence-electron chi connectivity index (χ4n) is 1.48. The average Bonchev–Trinajstić information content (AvgIpc) is 2.34. The summed E-state index contributed by atoms with van der Waals surface area (Å²) in [6, 6.07) is 7.33. The molecule has 0 radical (unpaired) electrons. The molecular weight excluding hydrogens is 230 g/mol. The Labute approximate surface area is 107 Å². The zero-order chi connectivity index (χ0) is 13.5. The number of rotatable bonds is 6. The summed E-state index contributed by atoms with van der Waals surface area (Å²) in [4.78, 5) is 10.5. The Kier molecular flexibility index (Phi) is 5.36. The summed E-state index contributed by atoms with van der Waals surface area (Å²) in [5, 5.41) is 10.9. The van der Waals surface area contributed by atoms with Crippen molar-refractivity contribution in [2.24, 2.45) is 5.92 Å². The highest BCUT2D eigenvalue weighted by Crippen LogP contribution is 2.18. The Bertz CT molecular complexity index is 421. The van der Waals surface area contributed by atoms with Gasteiger partial charge in [0.25, 0.3) is 0 Å². The lowest BCUT2D eigenvalue weighted by molar-refractivity contribution is -0.431. The molecule has 0 saturated heterocycles. The van der Waals surface area contributed by atoms with Crippen molar-refractivity contribution >= 4 is 6.08 Å². The highest BCUT2D eigenvalue weighted by molar-refractivity contribution is 5.52. The number of allylic oxidation sites excluding steroid dienone is 1. The van der Waals surface area contributed by atoms with Crippen molar-refractivity contribution in [1.82, 2.24) is 0 Å². The molecule has 98 valence electrons. The standard InChI is InChI=1S/C14H19NO3/c1-4-9-18-13-7-5-12(6-8-13)10-14(11(2)3)15(16)17/h5-8,10-11H,4,9H2,1-3H3/b14-10-. The van der Waals surface area contributed by atoms with Crippen molar-refractivity contribution in [2.75, 3.05) is 6.61 Å². The SMILES string of the molecule is CCCOc1ccc(/C=C(/C(C)C)[N+](=O)[O-])cc1. The second-order valence-corrected chi connectivity index (χ2v) is 4.40. The maximum absolute atomic E-state index is 10.9. The third-order valence-corrected chi connectivity index (χ3v) is 2.47. The highest BCUT2D eigenvalue weighted by Gasteiger charge is 2.15. The number of hydrogen-bond donors (Lipinski definition) is 0. The topological polar surface area (TPSA) is 52.4 Å². The molecule has 18 heavy (non-hydrogen) atoms. The van der Waals surface area contributed by atoms with E-state index in [0.29, 0.717) is 6.61 Å². The van der Waals surface area contributed by atoms with E-state index in [1.54, 1.807) is 6.08 Å². The van der Waals surface area contributed by atoms with Gasteiger partial charge in [0.15, 0.2) is 0 Å². The minimum Gasteiger partial charge on any atom is -0.494 e. The lowest BCUT2D eigenvalue weighted by atomic mass is 10.1. The molecule has 0 aliphatic heterocycles. The Morgan fingerprint density at radius 2 is 2.00 bits per heavy atom. The molecule has 1 aromatic carbocycles. The molecule has 0 spiro atoms. The highest BCUT2D eigenvalue weighted by atomic mass is 16.6. The Balaban J connectivity index is 2.84. The number of benzene rings is 1. The summed E-state index contributed by atoms with van der Waals surface area (Å²) in [6.45, 7) is 6.35. The first-order valence-corrected chi connectivity index (χ1v) is 6.13. The van der Waals surface area contributed by atoms with E-state index in [9.17, 15) is 10.1 Å². The Hall–Kier alpha value is -1.84. The van der Waals surface area contributed by atoms with Crippen molar-refractivity contribution < 1.29 is 9.66 Å². The van der Waals surface area contributed by atoms with Crippen LogP contribution < -0.4 is 4.74 Å². The van der Waals surface area contributed by atoms with Gasteiger partial charge in [-0.15, -0.1) is 0 Å². The predicted octanol–water partition coefficient (Wildman–Crippen LogP) is 3.75. The summed E-state index contributed by atoms with van der Waals surface area (Å²) < 4.78 is 5.46. The van der Waals surface area contributed by atoms with Gasteiger partial charge in [0.2, 0.25) is 5.70 Å². The molecule has 1 aromatic rings. The first kappa shape index (κ1) is 14.2. The molecule has 0 heterocycles. The lowest BCUT2D eigenvalue weighted by Crippen LogP contribution is -2.05. The zero-order valence-electron chi connectivity index (χ0n) is 11.1. The normalized spacial score (nSPS) is 11.7. The quantitative estimate of drug-likeness (QED) is 0.570. The van der Waals surface area contributed by atoms with Gasteiger partial charge >= 0.3 is 0 Å². The Morgan fingerprint density at radius 3 is 2.44 bits per heavy atom. The molecule has 0 aromatic heterocycles. The van der Waals surface area contributed by atoms with Gasteiger partial charge < -0.3 is 4.74 Å². The fraction of sp³-hybridized carbons (Fsp3) is 0.429. The molecule has 4 nitrogen and oxygen atoms in total. The van der Waals surface area contributed by atoms with E-state index < -0.39 is 0 Å². The van der Waals surface area contributed by atoms with Crippen LogP contribution in [0.1, 0.15) is 32.8 Å². The monoisotopic (exact) mass is 249 g/mol. The van der Waals surface area contributed by atoms with Gasteiger partial charge in [0, 0.05) is 12.0 Å². The second kappa shape index (κ2) is 6.79. The number of hydrogen-bond acceptors (Lipinski definition) is 3. The van der Waals surface area contributed by atoms with E-state index in [4.69, 9.17) is 4.74 Å². The van der Waals surface area contributed by atoms with Crippen molar-refractivity contribution in [3.05, 3.63) is 45.6 Å². The van der Waals surface area contributed by atoms with E-state index in [2.05, 4.69) is 0 Å². The van der Waals surface area contributed by atoms with Crippen LogP contribution in [0, 0.1) is 16.0 Å². The third kappa shape index (κ3) is 4.20. The van der Waals surface area contributed by atoms with Crippen LogP contribution in [0.4, 0.5) is 0 Å². The summed E-state index contributed by atoms with van der Waals surface area (Å²) >= 11 is 0. The van der Waals surface area contributed by atoms with Crippen LogP contribution >= 0.6 is 0 Å². The summed E-state index contributed by atoms with van der Waals surface area (Å²) in [6.07, 6.45) is 2.56. The van der Waals surface area contributed by atoms with Gasteiger partial charge in [-0.05, 0) is 24.1 Å². The maximum Gasteiger partial charge on any atom is 0.249 e. The molecule has 1 rings (SSSR count). The van der Waals surface area contributed by atoms with E-state index in [0.717, 1.165) is 17.7 Å². The van der Waals surface area contributed by atoms with Gasteiger partial charge in [-0.2, -0.15) is 0 Å². The molecule has 0 unspecified atom stereocenters. The van der Waals surface area contributed by atoms with E-state index >= 15 is 0 Å². The molecule has 0 fully saturated rings. The first-order chi connectivity index (χ1) is 8.54. The van der Waals surface area contributed by atoms with Crippen LogP contribution in [0.3, 0.4) is 0 Å². The Morgan fingerprint density at radius 1 is 1.39 bits per heavy atom. The van der Waals surface area contributed by atoms with Crippen molar-refractivity contribution in [2.45, 2.75) is 27.2 Å². The van der Waals surface area contributed by atoms with Crippen LogP contribution in [0.5, 0.6) is 5.75 Å². The third-order valence-electron chi connectivity index (χ3n) is 2.47. The minimum atomic E-state index is -0.327. The molecular formula is C14H19NO3. The molecule has 0 aliphatic rings. The summed E-state index contributed by atoms with van der Waals surface area (Å²) in [5.74, 6) is 0.692. The average molecular weight is 249 g/mol. The molecule has 0 N–H and O–H groups in total. The van der Waals surface area contributed by atoms with E-state index in [-0.39, 0.29) is 16.5 Å². The van der Waals surface area contributed by atoms with Crippen molar-refractivity contribution in [3.8, 4) is 5.75 Å². The smallest absolute Gasteiger partial charge is 0.249 e. The molecule has 0 atom stereocenters. The molecule has 4 heteroatoms. The zero-order valence-corrected chi connectivity index (χ0v) is 11.1. The van der Waals surface area contributed by atoms with Gasteiger partial charge in [0.05, 0.1) is 11.5 Å². The molecule has 0 amide bonds. The van der Waals surface area contributed by atoms with Crippen molar-refractivity contribution in [1.29, 1.82) is 0 Å². The van der Waals surface area contributed by atoms with Gasteiger partial charge in [0.1, 0.15) is 5.75 Å². The minimum absolute atomic E-state index is 0.101. The van der Waals surface area contributed by atoms with Crippen molar-refractivity contribution in [3.63, 3.8) is 0 Å². The van der Waals surface area contributed by atoms with Gasteiger partial charge in [-0.25, -0.2) is 0 Å². The van der Waals surface area contributed by atoms with Gasteiger partial charge in [-0.3, -0.25) is 10.1 Å². The first-order valence-electron chi connectivity index (χ1n) is 6.13. The fourth-order valence-corrected chi connectivity index (χ4v) is 1.48. The molecule has 0 aliphatic carbocycles. The molecule has 0 bridgehead atoms. The maximum atomic E-state index is 10.9. The van der Waals surface area contributed by atoms with Crippen LogP contribution in [-0.2, 0) is 0 Å². The van der Waals surface area contributed by atoms with Gasteiger partial charge in [-0.1, -0.05) is 32.9 Å². The number of nitro groups is 1. The summed E-state index contributed by atoms with van der Waals surface area (Å²) in [7, 11) is 0. The van der Waals surface area contributed by atoms with Crippen LogP contribution in [0.2, 0.25) is 0 Å². The second-order valence-electron chi connectivity index (χ2n) is 4.40. The largest absolute Gasteiger partial charge is 0.494 e. The van der Waals surface area contributed by atoms with E-state index in [1.807, 2.05) is 45.0 Å². The predicted molar refractivity (Wildman–Crippen MR) is 72.0 cm³/mol. The lowest BCUT2D eigenvalue weighted by Gasteiger charge is -2.05. The number of ether oxygens (including phenoxy) is 1. The number of nitrogens with zero attached hydrogens (tertiary/aromatic N) is 1. The summed E-state index contributed by atoms with van der Waals surface area (Å²) in [5.41, 5.74) is 1.04. The van der Waals surface area contributed by atoms with Crippen LogP contribution in [-0.4, -0.2) is 11.5 Å². The molecule has 0 saturated carbocycles. The van der Waals surface area contributed by atoms with Crippen LogP contribution in [0.15, 0.2) is 30.0 Å². The van der Waals surface area contributed by atoms with Crippen LogP contribution in [0.25, 0.3) is 6.08 Å². The van der Waals surface area contributed by atoms with E-state index in [1.165, 1.54) is 0 Å².